The Morgan fingerprint density at radius 3 is 2.38 bits per heavy atom. The van der Waals surface area contributed by atoms with Gasteiger partial charge in [-0.3, -0.25) is 0 Å². The molecule has 0 amide bonds. The fourth-order valence-corrected chi connectivity index (χ4v) is 1.47. The second-order valence-corrected chi connectivity index (χ2v) is 3.87. The van der Waals surface area contributed by atoms with Crippen LogP contribution in [0.5, 0.6) is 0 Å². The van der Waals surface area contributed by atoms with E-state index in [2.05, 4.69) is 22.6 Å². The maximum Gasteiger partial charge on any atom is 0.335 e. The molecule has 1 N–H and O–H groups in total. The average molecular weight is 290 g/mol. The molecule has 0 radical (unpaired) electrons. The highest BCUT2D eigenvalue weighted by atomic mass is 127. The van der Waals surface area contributed by atoms with Crippen LogP contribution >= 0.6 is 22.6 Å². The van der Waals surface area contributed by atoms with Gasteiger partial charge in [-0.15, -0.1) is 0 Å². The predicted molar refractivity (Wildman–Crippen MR) is 60.6 cm³/mol. The van der Waals surface area contributed by atoms with Crippen molar-refractivity contribution < 1.29 is 9.90 Å². The van der Waals surface area contributed by atoms with E-state index < -0.39 is 5.97 Å². The molecular formula is C10H11IO2. The van der Waals surface area contributed by atoms with E-state index in [1.165, 1.54) is 5.56 Å². The lowest BCUT2D eigenvalue weighted by atomic mass is 10.1. The number of hydrogen-bond acceptors (Lipinski definition) is 1. The molecule has 0 aliphatic rings. The van der Waals surface area contributed by atoms with Gasteiger partial charge in [-0.1, -0.05) is 34.7 Å². The summed E-state index contributed by atoms with van der Waals surface area (Å²) in [6, 6.07) is 7.08. The van der Waals surface area contributed by atoms with Crippen LogP contribution in [0.25, 0.3) is 0 Å². The number of aryl methyl sites for hydroxylation is 1. The summed E-state index contributed by atoms with van der Waals surface area (Å²) in [6.07, 6.45) is 2.18. The minimum Gasteiger partial charge on any atom is -0.478 e. The smallest absolute Gasteiger partial charge is 0.335 e. The topological polar surface area (TPSA) is 37.3 Å². The van der Waals surface area contributed by atoms with Gasteiger partial charge in [0.15, 0.2) is 0 Å². The molecule has 13 heavy (non-hydrogen) atoms. The molecule has 2 nitrogen and oxygen atoms in total. The van der Waals surface area contributed by atoms with Crippen molar-refractivity contribution in [2.75, 3.05) is 4.43 Å². The molecule has 70 valence electrons. The van der Waals surface area contributed by atoms with Crippen molar-refractivity contribution in [3.05, 3.63) is 35.4 Å². The predicted octanol–water partition coefficient (Wildman–Crippen LogP) is 2.75. The fourth-order valence-electron chi connectivity index (χ4n) is 1.08. The molecule has 0 heterocycles. The summed E-state index contributed by atoms with van der Waals surface area (Å²) in [5, 5.41) is 8.65. The summed E-state index contributed by atoms with van der Waals surface area (Å²) in [5.41, 5.74) is 1.57. The zero-order valence-electron chi connectivity index (χ0n) is 7.16. The highest BCUT2D eigenvalue weighted by Gasteiger charge is 2.00. The lowest BCUT2D eigenvalue weighted by molar-refractivity contribution is 0.0697. The van der Waals surface area contributed by atoms with Crippen LogP contribution in [0.3, 0.4) is 0 Å². The number of halogens is 1. The average Bonchev–Trinajstić information content (AvgIpc) is 2.15. The quantitative estimate of drug-likeness (QED) is 0.684. The number of benzene rings is 1. The van der Waals surface area contributed by atoms with Crippen molar-refractivity contribution >= 4 is 28.6 Å². The molecule has 1 rings (SSSR count). The van der Waals surface area contributed by atoms with Gasteiger partial charge in [-0.05, 0) is 35.0 Å². The van der Waals surface area contributed by atoms with Crippen molar-refractivity contribution in [3.63, 3.8) is 0 Å². The molecule has 0 saturated carbocycles. The largest absolute Gasteiger partial charge is 0.478 e. The van der Waals surface area contributed by atoms with E-state index in [0.717, 1.165) is 17.3 Å². The normalized spacial score (nSPS) is 9.92. The van der Waals surface area contributed by atoms with Crippen LogP contribution in [-0.4, -0.2) is 15.5 Å². The van der Waals surface area contributed by atoms with Gasteiger partial charge >= 0.3 is 5.97 Å². The van der Waals surface area contributed by atoms with Gasteiger partial charge < -0.3 is 5.11 Å². The molecule has 1 aromatic rings. The van der Waals surface area contributed by atoms with Crippen molar-refractivity contribution in [2.45, 2.75) is 12.8 Å². The third-order valence-corrected chi connectivity index (χ3v) is 2.56. The number of alkyl halides is 1. The van der Waals surface area contributed by atoms with Gasteiger partial charge in [0.05, 0.1) is 5.56 Å². The molecule has 0 saturated heterocycles. The Morgan fingerprint density at radius 1 is 1.31 bits per heavy atom. The Hall–Kier alpha value is -0.580. The van der Waals surface area contributed by atoms with Gasteiger partial charge in [0.25, 0.3) is 0 Å². The summed E-state index contributed by atoms with van der Waals surface area (Å²) >= 11 is 2.34. The number of carboxylic acid groups (broad SMARTS) is 1. The van der Waals surface area contributed by atoms with Gasteiger partial charge in [-0.25, -0.2) is 4.79 Å². The molecule has 3 heteroatoms. The molecule has 0 atom stereocenters. The van der Waals surface area contributed by atoms with Crippen LogP contribution in [0.2, 0.25) is 0 Å². The second-order valence-electron chi connectivity index (χ2n) is 2.79. The molecule has 0 fully saturated rings. The van der Waals surface area contributed by atoms with E-state index in [9.17, 15) is 4.79 Å². The molecule has 0 aliphatic carbocycles. The van der Waals surface area contributed by atoms with Crippen LogP contribution in [0, 0.1) is 0 Å². The number of aromatic carboxylic acids is 1. The summed E-state index contributed by atoms with van der Waals surface area (Å²) < 4.78 is 1.14. The maximum absolute atomic E-state index is 10.5. The molecule has 1 aromatic carbocycles. The first-order valence-electron chi connectivity index (χ1n) is 4.12. The van der Waals surface area contributed by atoms with Crippen LogP contribution in [0.4, 0.5) is 0 Å². The van der Waals surface area contributed by atoms with E-state index in [1.807, 2.05) is 12.1 Å². The third-order valence-electron chi connectivity index (χ3n) is 1.80. The summed E-state index contributed by atoms with van der Waals surface area (Å²) in [4.78, 5) is 10.5. The molecule has 0 aromatic heterocycles. The zero-order valence-corrected chi connectivity index (χ0v) is 9.32. The van der Waals surface area contributed by atoms with Gasteiger partial charge in [-0.2, -0.15) is 0 Å². The monoisotopic (exact) mass is 290 g/mol. The standard InChI is InChI=1S/C10H11IO2/c11-7-1-2-8-3-5-9(6-4-8)10(12)13/h3-6H,1-2,7H2,(H,12,13). The van der Waals surface area contributed by atoms with Crippen molar-refractivity contribution in [1.29, 1.82) is 0 Å². The maximum atomic E-state index is 10.5. The molecule has 0 unspecified atom stereocenters. The molecule has 0 bridgehead atoms. The first kappa shape index (κ1) is 10.5. The number of carboxylic acids is 1. The minimum atomic E-state index is -0.861. The van der Waals surface area contributed by atoms with E-state index in [1.54, 1.807) is 12.1 Å². The minimum absolute atomic E-state index is 0.359. The summed E-state index contributed by atoms with van der Waals surface area (Å²) in [6.45, 7) is 0. The first-order chi connectivity index (χ1) is 6.24. The van der Waals surface area contributed by atoms with Gasteiger partial charge in [0.2, 0.25) is 0 Å². The lowest BCUT2D eigenvalue weighted by Crippen LogP contribution is -1.96. The zero-order chi connectivity index (χ0) is 9.68. The fraction of sp³-hybridized carbons (Fsp3) is 0.300. The Bertz CT molecular complexity index is 279. The van der Waals surface area contributed by atoms with Gasteiger partial charge in [0, 0.05) is 0 Å². The molecular weight excluding hydrogens is 279 g/mol. The van der Waals surface area contributed by atoms with E-state index in [-0.39, 0.29) is 0 Å². The van der Waals surface area contributed by atoms with Crippen LogP contribution in [-0.2, 0) is 6.42 Å². The van der Waals surface area contributed by atoms with E-state index >= 15 is 0 Å². The Labute approximate surface area is 91.1 Å². The Morgan fingerprint density at radius 2 is 1.92 bits per heavy atom. The highest BCUT2D eigenvalue weighted by Crippen LogP contribution is 2.07. The summed E-state index contributed by atoms with van der Waals surface area (Å²) in [5.74, 6) is -0.861. The number of rotatable bonds is 4. The van der Waals surface area contributed by atoms with E-state index in [0.29, 0.717) is 5.56 Å². The lowest BCUT2D eigenvalue weighted by Gasteiger charge is -1.99. The second kappa shape index (κ2) is 5.21. The highest BCUT2D eigenvalue weighted by molar-refractivity contribution is 14.1. The molecule has 0 spiro atoms. The SMILES string of the molecule is O=C(O)c1ccc(CCCI)cc1. The first-order valence-corrected chi connectivity index (χ1v) is 5.65. The van der Waals surface area contributed by atoms with Crippen LogP contribution < -0.4 is 0 Å². The Kier molecular flexibility index (Phi) is 4.21. The molecule has 0 aliphatic heterocycles. The number of hydrogen-bond donors (Lipinski definition) is 1. The van der Waals surface area contributed by atoms with Gasteiger partial charge in [0.1, 0.15) is 0 Å². The van der Waals surface area contributed by atoms with Crippen molar-refractivity contribution in [3.8, 4) is 0 Å². The third kappa shape index (κ3) is 3.34. The summed E-state index contributed by atoms with van der Waals surface area (Å²) in [7, 11) is 0. The van der Waals surface area contributed by atoms with E-state index in [4.69, 9.17) is 5.11 Å². The van der Waals surface area contributed by atoms with Crippen molar-refractivity contribution in [2.24, 2.45) is 0 Å². The van der Waals surface area contributed by atoms with Crippen LogP contribution in [0.1, 0.15) is 22.3 Å². The number of carbonyl (C=O) groups is 1. The van der Waals surface area contributed by atoms with Crippen LogP contribution in [0.15, 0.2) is 24.3 Å². The Balaban J connectivity index is 2.64. The van der Waals surface area contributed by atoms with Crippen molar-refractivity contribution in [1.82, 2.24) is 0 Å².